The second-order valence-corrected chi connectivity index (χ2v) is 5.53. The highest BCUT2D eigenvalue weighted by molar-refractivity contribution is 5.69. The average molecular weight is 249 g/mol. The van der Waals surface area contributed by atoms with Crippen LogP contribution >= 0.6 is 0 Å². The van der Waals surface area contributed by atoms with Crippen molar-refractivity contribution in [2.45, 2.75) is 38.3 Å². The van der Waals surface area contributed by atoms with Gasteiger partial charge in [-0.05, 0) is 31.6 Å². The fourth-order valence-electron chi connectivity index (χ4n) is 2.41. The average Bonchev–Trinajstić information content (AvgIpc) is 3.20. The zero-order chi connectivity index (χ0) is 12.5. The highest BCUT2D eigenvalue weighted by Crippen LogP contribution is 2.36. The lowest BCUT2D eigenvalue weighted by Gasteiger charge is -2.20. The van der Waals surface area contributed by atoms with Crippen LogP contribution in [0.5, 0.6) is 0 Å². The summed E-state index contributed by atoms with van der Waals surface area (Å²) in [4.78, 5) is 17.1. The minimum Gasteiger partial charge on any atom is -0.480 e. The molecule has 2 fully saturated rings. The first-order valence-corrected chi connectivity index (χ1v) is 6.67. The van der Waals surface area contributed by atoms with E-state index < -0.39 is 5.97 Å². The molecule has 2 aliphatic rings. The van der Waals surface area contributed by atoms with Gasteiger partial charge < -0.3 is 9.67 Å². The topological polar surface area (TPSA) is 58.4 Å². The molecule has 1 N–H and O–H groups in total. The quantitative estimate of drug-likeness (QED) is 0.796. The number of imidazole rings is 1. The van der Waals surface area contributed by atoms with Crippen molar-refractivity contribution in [3.05, 3.63) is 18.2 Å². The van der Waals surface area contributed by atoms with Gasteiger partial charge in [0.2, 0.25) is 0 Å². The number of aromatic nitrogens is 2. The van der Waals surface area contributed by atoms with Gasteiger partial charge in [-0.2, -0.15) is 0 Å². The highest BCUT2D eigenvalue weighted by Gasteiger charge is 2.28. The summed E-state index contributed by atoms with van der Waals surface area (Å²) in [6.45, 7) is 1.74. The van der Waals surface area contributed by atoms with Crippen molar-refractivity contribution in [2.75, 3.05) is 13.1 Å². The number of carboxylic acid groups (broad SMARTS) is 1. The summed E-state index contributed by atoms with van der Waals surface area (Å²) in [6.07, 6.45) is 8.70. The van der Waals surface area contributed by atoms with Crippen LogP contribution in [-0.2, 0) is 11.3 Å². The van der Waals surface area contributed by atoms with E-state index in [4.69, 9.17) is 5.11 Å². The second kappa shape index (κ2) is 4.72. The minimum absolute atomic E-state index is 0.131. The Morgan fingerprint density at radius 1 is 1.44 bits per heavy atom. The van der Waals surface area contributed by atoms with Gasteiger partial charge in [-0.3, -0.25) is 9.69 Å². The SMILES string of the molecule is O=C(O)CN(Cc1cncn1C1CC1)CC1CC1. The first kappa shape index (κ1) is 11.7. The van der Waals surface area contributed by atoms with Crippen LogP contribution in [-0.4, -0.2) is 38.6 Å². The van der Waals surface area contributed by atoms with Crippen molar-refractivity contribution in [1.82, 2.24) is 14.5 Å². The van der Waals surface area contributed by atoms with Crippen LogP contribution in [0, 0.1) is 5.92 Å². The van der Waals surface area contributed by atoms with E-state index in [9.17, 15) is 4.79 Å². The molecule has 2 saturated carbocycles. The molecule has 1 heterocycles. The van der Waals surface area contributed by atoms with Gasteiger partial charge in [0.05, 0.1) is 18.6 Å². The zero-order valence-corrected chi connectivity index (χ0v) is 10.5. The Kier molecular flexibility index (Phi) is 3.07. The van der Waals surface area contributed by atoms with Gasteiger partial charge in [0.25, 0.3) is 0 Å². The van der Waals surface area contributed by atoms with Crippen LogP contribution in [0.15, 0.2) is 12.5 Å². The Labute approximate surface area is 106 Å². The molecule has 0 unspecified atom stereocenters. The highest BCUT2D eigenvalue weighted by atomic mass is 16.4. The van der Waals surface area contributed by atoms with Crippen LogP contribution in [0.25, 0.3) is 0 Å². The lowest BCUT2D eigenvalue weighted by atomic mass is 10.3. The third-order valence-electron chi connectivity index (χ3n) is 3.64. The maximum atomic E-state index is 10.9. The van der Waals surface area contributed by atoms with Crippen LogP contribution in [0.3, 0.4) is 0 Å². The van der Waals surface area contributed by atoms with Gasteiger partial charge in [0, 0.05) is 25.3 Å². The lowest BCUT2D eigenvalue weighted by Crippen LogP contribution is -2.32. The summed E-state index contributed by atoms with van der Waals surface area (Å²) < 4.78 is 2.21. The van der Waals surface area contributed by atoms with Gasteiger partial charge in [0.15, 0.2) is 0 Å². The van der Waals surface area contributed by atoms with Crippen LogP contribution < -0.4 is 0 Å². The Balaban J connectivity index is 1.65. The van der Waals surface area contributed by atoms with E-state index in [1.54, 1.807) is 0 Å². The fraction of sp³-hybridized carbons (Fsp3) is 0.692. The molecule has 5 heteroatoms. The largest absolute Gasteiger partial charge is 0.480 e. The molecule has 1 aromatic heterocycles. The summed E-state index contributed by atoms with van der Waals surface area (Å²) in [5.74, 6) is -0.0326. The molecule has 2 aliphatic carbocycles. The van der Waals surface area contributed by atoms with Crippen molar-refractivity contribution < 1.29 is 9.90 Å². The molecule has 0 amide bonds. The van der Waals surface area contributed by atoms with E-state index in [2.05, 4.69) is 9.55 Å². The van der Waals surface area contributed by atoms with Gasteiger partial charge in [-0.15, -0.1) is 0 Å². The van der Waals surface area contributed by atoms with Crippen LogP contribution in [0.2, 0.25) is 0 Å². The standard InChI is InChI=1S/C13H19N3O2/c17-13(18)8-15(6-10-1-2-10)7-12-5-14-9-16(12)11-3-4-11/h5,9-11H,1-4,6-8H2,(H,17,18). The summed E-state index contributed by atoms with van der Waals surface area (Å²) in [7, 11) is 0. The number of aliphatic carboxylic acids is 1. The molecule has 5 nitrogen and oxygen atoms in total. The van der Waals surface area contributed by atoms with Crippen molar-refractivity contribution in [3.63, 3.8) is 0 Å². The van der Waals surface area contributed by atoms with Gasteiger partial charge in [-0.25, -0.2) is 4.98 Å². The van der Waals surface area contributed by atoms with E-state index >= 15 is 0 Å². The predicted molar refractivity (Wildman–Crippen MR) is 66.1 cm³/mol. The van der Waals surface area contributed by atoms with Crippen molar-refractivity contribution >= 4 is 5.97 Å². The van der Waals surface area contributed by atoms with Crippen molar-refractivity contribution in [3.8, 4) is 0 Å². The van der Waals surface area contributed by atoms with Crippen molar-refractivity contribution in [2.24, 2.45) is 5.92 Å². The third kappa shape index (κ3) is 2.90. The fourth-order valence-corrected chi connectivity index (χ4v) is 2.41. The number of nitrogens with zero attached hydrogens (tertiary/aromatic N) is 3. The first-order valence-electron chi connectivity index (χ1n) is 6.67. The van der Waals surface area contributed by atoms with Crippen LogP contribution in [0.1, 0.15) is 37.4 Å². The molecule has 0 spiro atoms. The van der Waals surface area contributed by atoms with Crippen molar-refractivity contribution in [1.29, 1.82) is 0 Å². The zero-order valence-electron chi connectivity index (χ0n) is 10.5. The van der Waals surface area contributed by atoms with Gasteiger partial charge >= 0.3 is 5.97 Å². The number of carboxylic acids is 1. The molecule has 98 valence electrons. The lowest BCUT2D eigenvalue weighted by molar-refractivity contribution is -0.138. The Hall–Kier alpha value is -1.36. The first-order chi connectivity index (χ1) is 8.72. The molecule has 0 atom stereocenters. The van der Waals surface area contributed by atoms with E-state index in [-0.39, 0.29) is 6.54 Å². The second-order valence-electron chi connectivity index (χ2n) is 5.53. The molecule has 0 aromatic carbocycles. The van der Waals surface area contributed by atoms with E-state index in [1.165, 1.54) is 25.7 Å². The molecule has 0 aliphatic heterocycles. The minimum atomic E-state index is -0.742. The van der Waals surface area contributed by atoms with E-state index in [0.29, 0.717) is 18.5 Å². The normalized spacial score (nSPS) is 19.4. The number of hydrogen-bond acceptors (Lipinski definition) is 3. The summed E-state index contributed by atoms with van der Waals surface area (Å²) in [6, 6.07) is 0.607. The Bertz CT molecular complexity index is 435. The number of carbonyl (C=O) groups is 1. The van der Waals surface area contributed by atoms with Gasteiger partial charge in [-0.1, -0.05) is 0 Å². The molecule has 18 heavy (non-hydrogen) atoms. The predicted octanol–water partition coefficient (Wildman–Crippen LogP) is 1.51. The van der Waals surface area contributed by atoms with Gasteiger partial charge in [0.1, 0.15) is 0 Å². The molecule has 3 rings (SSSR count). The maximum absolute atomic E-state index is 10.9. The monoisotopic (exact) mass is 249 g/mol. The summed E-state index contributed by atoms with van der Waals surface area (Å²) in [5, 5.41) is 8.97. The third-order valence-corrected chi connectivity index (χ3v) is 3.64. The number of hydrogen-bond donors (Lipinski definition) is 1. The molecule has 0 radical (unpaired) electrons. The maximum Gasteiger partial charge on any atom is 0.317 e. The molecular weight excluding hydrogens is 230 g/mol. The molecule has 1 aromatic rings. The summed E-state index contributed by atoms with van der Waals surface area (Å²) >= 11 is 0. The van der Waals surface area contributed by atoms with E-state index in [1.807, 2.05) is 17.4 Å². The molecule has 0 bridgehead atoms. The smallest absolute Gasteiger partial charge is 0.317 e. The van der Waals surface area contributed by atoms with Crippen LogP contribution in [0.4, 0.5) is 0 Å². The number of rotatable bonds is 7. The molecular formula is C13H19N3O2. The molecule has 0 saturated heterocycles. The Morgan fingerprint density at radius 2 is 2.22 bits per heavy atom. The summed E-state index contributed by atoms with van der Waals surface area (Å²) in [5.41, 5.74) is 1.15. The Morgan fingerprint density at radius 3 is 2.83 bits per heavy atom. The van der Waals surface area contributed by atoms with E-state index in [0.717, 1.165) is 12.2 Å².